The van der Waals surface area contributed by atoms with Gasteiger partial charge in [0.2, 0.25) is 0 Å². The zero-order chi connectivity index (χ0) is 12.1. The molecule has 0 bridgehead atoms. The zero-order valence-corrected chi connectivity index (χ0v) is 10.4. The number of phenols is 1. The number of aliphatic hydroxyl groups is 1. The first-order valence-corrected chi connectivity index (χ1v) is 5.98. The first-order chi connectivity index (χ1) is 7.54. The van der Waals surface area contributed by atoms with Crippen molar-refractivity contribution in [2.75, 3.05) is 4.61 Å². The number of carboxylic acids is 1. The molecule has 0 amide bonds. The lowest BCUT2D eigenvalue weighted by Gasteiger charge is -2.11. The van der Waals surface area contributed by atoms with Crippen LogP contribution in [0.2, 0.25) is 0 Å². The summed E-state index contributed by atoms with van der Waals surface area (Å²) >= 11 is 1.97. The third kappa shape index (κ3) is 3.53. The van der Waals surface area contributed by atoms with Crippen molar-refractivity contribution in [3.05, 3.63) is 23.8 Å². The molecular weight excluding hydrogens is 327 g/mol. The average Bonchev–Trinajstić information content (AvgIpc) is 2.20. The van der Waals surface area contributed by atoms with E-state index in [1.807, 2.05) is 22.6 Å². The van der Waals surface area contributed by atoms with E-state index in [1.54, 1.807) is 0 Å². The summed E-state index contributed by atoms with van der Waals surface area (Å²) in [4.78, 5) is 10.4. The second-order valence-electron chi connectivity index (χ2n) is 3.09. The largest absolute Gasteiger partial charge is 0.504 e. The Bertz CT molecular complexity index is 379. The lowest BCUT2D eigenvalue weighted by Crippen LogP contribution is -2.05. The Kier molecular flexibility index (Phi) is 4.81. The number of aliphatic hydroxyl groups excluding tert-OH is 1. The molecule has 0 radical (unpaired) electrons. The van der Waals surface area contributed by atoms with Gasteiger partial charge in [-0.15, -0.1) is 0 Å². The number of carboxylic acid groups (broad SMARTS) is 1. The van der Waals surface area contributed by atoms with E-state index in [2.05, 4.69) is 0 Å². The van der Waals surface area contributed by atoms with Crippen LogP contribution in [-0.4, -0.2) is 25.9 Å². The van der Waals surface area contributed by atoms with Crippen LogP contribution in [0.5, 0.6) is 11.5 Å². The monoisotopic (exact) mass is 338 g/mol. The number of benzene rings is 1. The highest BCUT2D eigenvalue weighted by Gasteiger charge is 2.14. The van der Waals surface area contributed by atoms with Crippen LogP contribution in [0, 0.1) is 0 Å². The molecule has 6 heteroatoms. The van der Waals surface area contributed by atoms with Crippen molar-refractivity contribution in [1.82, 2.24) is 0 Å². The van der Waals surface area contributed by atoms with E-state index in [4.69, 9.17) is 9.84 Å². The topological polar surface area (TPSA) is 87.0 Å². The number of alkyl halides is 1. The molecule has 0 aliphatic carbocycles. The second-order valence-corrected chi connectivity index (χ2v) is 3.72. The van der Waals surface area contributed by atoms with E-state index in [0.717, 1.165) is 0 Å². The molecule has 0 spiro atoms. The van der Waals surface area contributed by atoms with Crippen LogP contribution in [0.25, 0.3) is 0 Å². The van der Waals surface area contributed by atoms with Gasteiger partial charge in [-0.2, -0.15) is 0 Å². The fraction of sp³-hybridized carbons (Fsp3) is 0.300. The molecule has 1 aromatic rings. The first-order valence-electron chi connectivity index (χ1n) is 4.46. The maximum absolute atomic E-state index is 10.4. The number of halogens is 1. The molecule has 16 heavy (non-hydrogen) atoms. The van der Waals surface area contributed by atoms with Gasteiger partial charge in [0.25, 0.3) is 0 Å². The zero-order valence-electron chi connectivity index (χ0n) is 8.26. The number of aliphatic carboxylic acids is 1. The first kappa shape index (κ1) is 13.0. The Labute approximate surface area is 106 Å². The summed E-state index contributed by atoms with van der Waals surface area (Å²) in [5.41, 5.74) is 0.403. The van der Waals surface area contributed by atoms with Crippen molar-refractivity contribution in [3.63, 3.8) is 0 Å². The summed E-state index contributed by atoms with van der Waals surface area (Å²) in [6, 6.07) is 4.26. The highest BCUT2D eigenvalue weighted by Crippen LogP contribution is 2.30. The third-order valence-electron chi connectivity index (χ3n) is 1.95. The van der Waals surface area contributed by atoms with Crippen LogP contribution >= 0.6 is 22.6 Å². The fourth-order valence-corrected chi connectivity index (χ4v) is 1.53. The Morgan fingerprint density at radius 2 is 2.19 bits per heavy atom. The van der Waals surface area contributed by atoms with Gasteiger partial charge in [-0.25, -0.2) is 0 Å². The van der Waals surface area contributed by atoms with Crippen LogP contribution in [0.15, 0.2) is 18.2 Å². The van der Waals surface area contributed by atoms with Crippen LogP contribution in [0.3, 0.4) is 0 Å². The number of rotatable bonds is 5. The lowest BCUT2D eigenvalue weighted by atomic mass is 10.1. The number of hydrogen-bond acceptors (Lipinski definition) is 4. The van der Waals surface area contributed by atoms with Gasteiger partial charge in [0.1, 0.15) is 4.61 Å². The standard InChI is InChI=1S/C10H11IO5/c11-5-16-9-3-6(1-2-7(9)12)8(13)4-10(14)15/h1-3,8,12-13H,4-5H2,(H,14,15). The van der Waals surface area contributed by atoms with Crippen molar-refractivity contribution in [2.24, 2.45) is 0 Å². The molecule has 0 saturated carbocycles. The normalized spacial score (nSPS) is 12.1. The number of carbonyl (C=O) groups is 1. The molecule has 0 fully saturated rings. The molecule has 1 unspecified atom stereocenters. The fourth-order valence-electron chi connectivity index (χ4n) is 1.20. The van der Waals surface area contributed by atoms with Gasteiger partial charge in [0, 0.05) is 0 Å². The smallest absolute Gasteiger partial charge is 0.306 e. The van der Waals surface area contributed by atoms with Crippen molar-refractivity contribution < 1.29 is 24.9 Å². The highest BCUT2D eigenvalue weighted by atomic mass is 127. The summed E-state index contributed by atoms with van der Waals surface area (Å²) in [5, 5.41) is 27.5. The molecule has 1 aromatic carbocycles. The molecule has 1 atom stereocenters. The van der Waals surface area contributed by atoms with Gasteiger partial charge in [-0.05, 0) is 40.3 Å². The van der Waals surface area contributed by atoms with Crippen LogP contribution in [0.1, 0.15) is 18.1 Å². The van der Waals surface area contributed by atoms with Gasteiger partial charge in [-0.1, -0.05) is 6.07 Å². The Hall–Kier alpha value is -1.02. The van der Waals surface area contributed by atoms with E-state index in [1.165, 1.54) is 18.2 Å². The average molecular weight is 338 g/mol. The second kappa shape index (κ2) is 5.90. The molecular formula is C10H11IO5. The molecule has 0 saturated heterocycles. The summed E-state index contributed by atoms with van der Waals surface area (Å²) < 4.78 is 5.46. The third-order valence-corrected chi connectivity index (χ3v) is 2.26. The summed E-state index contributed by atoms with van der Waals surface area (Å²) in [5.74, 6) is -0.892. The predicted molar refractivity (Wildman–Crippen MR) is 64.8 cm³/mol. The molecule has 0 aliphatic heterocycles. The van der Waals surface area contributed by atoms with Crippen molar-refractivity contribution in [3.8, 4) is 11.5 Å². The predicted octanol–water partition coefficient (Wildman–Crippen LogP) is 1.67. The SMILES string of the molecule is O=C(O)CC(O)c1ccc(O)c(OCI)c1. The van der Waals surface area contributed by atoms with Crippen LogP contribution < -0.4 is 4.74 Å². The van der Waals surface area contributed by atoms with Crippen LogP contribution in [-0.2, 0) is 4.79 Å². The molecule has 1 rings (SSSR count). The quantitative estimate of drug-likeness (QED) is 0.562. The molecule has 5 nitrogen and oxygen atoms in total. The van der Waals surface area contributed by atoms with Gasteiger partial charge >= 0.3 is 5.97 Å². The number of ether oxygens (including phenoxy) is 1. The summed E-state index contributed by atoms with van der Waals surface area (Å²) in [6.45, 7) is 0. The Morgan fingerprint density at radius 1 is 1.50 bits per heavy atom. The number of hydrogen-bond donors (Lipinski definition) is 3. The minimum atomic E-state index is -1.10. The van der Waals surface area contributed by atoms with Crippen LogP contribution in [0.4, 0.5) is 0 Å². The van der Waals surface area contributed by atoms with Gasteiger partial charge in [-0.3, -0.25) is 4.79 Å². The number of phenolic OH excluding ortho intramolecular Hbond substituents is 1. The van der Waals surface area contributed by atoms with Gasteiger partial charge < -0.3 is 20.1 Å². The molecule has 0 aliphatic rings. The highest BCUT2D eigenvalue weighted by molar-refractivity contribution is 14.1. The summed E-state index contributed by atoms with van der Waals surface area (Å²) in [7, 11) is 0. The minimum absolute atomic E-state index is 0.0389. The van der Waals surface area contributed by atoms with Crippen molar-refractivity contribution >= 4 is 28.6 Å². The molecule has 0 aromatic heterocycles. The van der Waals surface area contributed by atoms with E-state index in [0.29, 0.717) is 10.2 Å². The van der Waals surface area contributed by atoms with E-state index in [9.17, 15) is 15.0 Å². The lowest BCUT2D eigenvalue weighted by molar-refractivity contribution is -0.139. The Morgan fingerprint density at radius 3 is 2.75 bits per heavy atom. The van der Waals surface area contributed by atoms with Crippen molar-refractivity contribution in [1.29, 1.82) is 0 Å². The Balaban J connectivity index is 2.88. The molecule has 88 valence electrons. The molecule has 3 N–H and O–H groups in total. The maximum Gasteiger partial charge on any atom is 0.306 e. The van der Waals surface area contributed by atoms with E-state index in [-0.39, 0.29) is 17.9 Å². The molecule has 0 heterocycles. The summed E-state index contributed by atoms with van der Waals surface area (Å²) in [6.07, 6.45) is -1.48. The number of aromatic hydroxyl groups is 1. The van der Waals surface area contributed by atoms with E-state index < -0.39 is 12.1 Å². The minimum Gasteiger partial charge on any atom is -0.504 e. The van der Waals surface area contributed by atoms with Crippen molar-refractivity contribution in [2.45, 2.75) is 12.5 Å². The van der Waals surface area contributed by atoms with Gasteiger partial charge in [0.05, 0.1) is 12.5 Å². The maximum atomic E-state index is 10.4. The van der Waals surface area contributed by atoms with E-state index >= 15 is 0 Å². The van der Waals surface area contributed by atoms with Gasteiger partial charge in [0.15, 0.2) is 11.5 Å².